The first-order valence-electron chi connectivity index (χ1n) is 9.26. The highest BCUT2D eigenvalue weighted by Gasteiger charge is 2.18. The van der Waals surface area contributed by atoms with Gasteiger partial charge in [-0.25, -0.2) is 9.97 Å². The smallest absolute Gasteiger partial charge is 0.269 e. The number of H-pyrrole nitrogens is 1. The van der Waals surface area contributed by atoms with Gasteiger partial charge in [-0.15, -0.1) is 22.7 Å². The van der Waals surface area contributed by atoms with E-state index in [2.05, 4.69) is 39.3 Å². The van der Waals surface area contributed by atoms with Crippen molar-refractivity contribution in [1.82, 2.24) is 15.0 Å². The highest BCUT2D eigenvalue weighted by atomic mass is 32.1. The Morgan fingerprint density at radius 2 is 1.93 bits per heavy atom. The third kappa shape index (κ3) is 4.03. The Hall–Kier alpha value is -3.30. The molecule has 2 amide bonds. The Morgan fingerprint density at radius 1 is 1.17 bits per heavy atom. The van der Waals surface area contributed by atoms with Crippen LogP contribution in [-0.4, -0.2) is 26.8 Å². The van der Waals surface area contributed by atoms with E-state index in [1.807, 2.05) is 24.4 Å². The second-order valence-electron chi connectivity index (χ2n) is 6.64. The summed E-state index contributed by atoms with van der Waals surface area (Å²) in [6.07, 6.45) is 2.64. The van der Waals surface area contributed by atoms with Crippen LogP contribution >= 0.6 is 22.7 Å². The number of anilines is 1. The van der Waals surface area contributed by atoms with Crippen LogP contribution in [0.25, 0.3) is 21.8 Å². The number of benzene rings is 1. The number of nitrogens with two attached hydrogens (primary N) is 1. The fourth-order valence-electron chi connectivity index (χ4n) is 2.92. The minimum absolute atomic E-state index is 0.241. The lowest BCUT2D eigenvalue weighted by molar-refractivity contribution is 0.0994. The molecule has 0 radical (unpaired) electrons. The molecule has 0 aliphatic heterocycles. The second kappa shape index (κ2) is 8.21. The number of rotatable bonds is 6. The molecule has 0 unspecified atom stereocenters. The molecule has 1 aromatic carbocycles. The molecule has 3 aromatic heterocycles. The van der Waals surface area contributed by atoms with E-state index in [-0.39, 0.29) is 5.91 Å². The van der Waals surface area contributed by atoms with Crippen LogP contribution in [0.1, 0.15) is 38.3 Å². The molecule has 7 nitrogen and oxygen atoms in total. The quantitative estimate of drug-likeness (QED) is 0.412. The van der Waals surface area contributed by atoms with E-state index in [0.29, 0.717) is 27.1 Å². The topological polar surface area (TPSA) is 114 Å². The number of hydrogen-bond acceptors (Lipinski definition) is 6. The molecule has 3 heterocycles. The molecule has 4 rings (SSSR count). The van der Waals surface area contributed by atoms with Gasteiger partial charge in [0, 0.05) is 22.7 Å². The van der Waals surface area contributed by atoms with Crippen LogP contribution in [0.5, 0.6) is 0 Å². The van der Waals surface area contributed by atoms with Crippen molar-refractivity contribution >= 4 is 39.6 Å². The zero-order valence-electron chi connectivity index (χ0n) is 16.4. The summed E-state index contributed by atoms with van der Waals surface area (Å²) >= 11 is 2.67. The second-order valence-corrected chi connectivity index (χ2v) is 8.50. The number of aryl methyl sites for hydroxylation is 2. The molecule has 0 spiro atoms. The number of aromatic nitrogens is 3. The van der Waals surface area contributed by atoms with Crippen molar-refractivity contribution in [1.29, 1.82) is 0 Å². The number of carbonyl (C=O) groups is 2. The van der Waals surface area contributed by atoms with E-state index in [0.717, 1.165) is 22.6 Å². The Kier molecular flexibility index (Phi) is 5.47. The van der Waals surface area contributed by atoms with Crippen molar-refractivity contribution in [2.24, 2.45) is 5.73 Å². The molecule has 4 aromatic rings. The highest BCUT2D eigenvalue weighted by Crippen LogP contribution is 2.30. The van der Waals surface area contributed by atoms with E-state index in [9.17, 15) is 9.59 Å². The Balaban J connectivity index is 1.51. The number of carbonyl (C=O) groups excluding carboxylic acids is 2. The first kappa shape index (κ1) is 20.0. The zero-order valence-corrected chi connectivity index (χ0v) is 18.0. The number of nitrogens with one attached hydrogen (secondary N) is 2. The molecule has 152 valence electrons. The van der Waals surface area contributed by atoms with Gasteiger partial charge in [-0.3, -0.25) is 14.9 Å². The number of amides is 2. The molecular weight excluding hydrogens is 418 g/mol. The summed E-state index contributed by atoms with van der Waals surface area (Å²) in [6, 6.07) is 9.85. The van der Waals surface area contributed by atoms with Crippen molar-refractivity contribution in [3.63, 3.8) is 0 Å². The largest absolute Gasteiger partial charge is 0.364 e. The molecule has 30 heavy (non-hydrogen) atoms. The molecule has 9 heteroatoms. The van der Waals surface area contributed by atoms with E-state index in [1.165, 1.54) is 28.2 Å². The van der Waals surface area contributed by atoms with E-state index < -0.39 is 5.91 Å². The summed E-state index contributed by atoms with van der Waals surface area (Å²) in [5, 5.41) is 5.93. The van der Waals surface area contributed by atoms with Crippen LogP contribution in [0.2, 0.25) is 0 Å². The summed E-state index contributed by atoms with van der Waals surface area (Å²) in [5.74, 6) is -0.778. The van der Waals surface area contributed by atoms with Gasteiger partial charge in [-0.1, -0.05) is 31.2 Å². The van der Waals surface area contributed by atoms with E-state index >= 15 is 0 Å². The first-order chi connectivity index (χ1) is 14.4. The lowest BCUT2D eigenvalue weighted by atomic mass is 10.1. The van der Waals surface area contributed by atoms with Crippen molar-refractivity contribution in [2.75, 3.05) is 5.32 Å². The van der Waals surface area contributed by atoms with Crippen LogP contribution in [0.3, 0.4) is 0 Å². The van der Waals surface area contributed by atoms with Gasteiger partial charge in [-0.2, -0.15) is 0 Å². The SMILES string of the molecule is CCc1ccc(-c2nc(C)c(C(=O)Nc3nc(-c4c[nH]c(C(N)=O)c4)cs3)s2)cc1. The normalized spacial score (nSPS) is 10.9. The maximum Gasteiger partial charge on any atom is 0.269 e. The average molecular weight is 438 g/mol. The fourth-order valence-corrected chi connectivity index (χ4v) is 4.60. The predicted octanol–water partition coefficient (Wildman–Crippen LogP) is 4.48. The molecule has 0 aliphatic carbocycles. The minimum Gasteiger partial charge on any atom is -0.364 e. The van der Waals surface area contributed by atoms with E-state index in [1.54, 1.807) is 12.3 Å². The fraction of sp³-hybridized carbons (Fsp3) is 0.143. The molecule has 0 fully saturated rings. The van der Waals surface area contributed by atoms with Crippen molar-refractivity contribution in [3.05, 3.63) is 63.7 Å². The van der Waals surface area contributed by atoms with Gasteiger partial charge in [0.15, 0.2) is 5.13 Å². The molecule has 0 atom stereocenters. The van der Waals surface area contributed by atoms with Crippen LogP contribution < -0.4 is 11.1 Å². The number of primary amides is 1. The standard InChI is InChI=1S/C21H19N5O2S2/c1-3-12-4-6-13(7-5-12)20-24-11(2)17(30-20)19(28)26-21-25-16(10-29-21)14-8-15(18(22)27)23-9-14/h4-10,23H,3H2,1-2H3,(H2,22,27)(H,25,26,28). The van der Waals surface area contributed by atoms with Crippen LogP contribution in [0.4, 0.5) is 5.13 Å². The van der Waals surface area contributed by atoms with Gasteiger partial charge < -0.3 is 10.7 Å². The third-order valence-corrected chi connectivity index (χ3v) is 6.54. The summed E-state index contributed by atoms with van der Waals surface area (Å²) in [6.45, 7) is 3.94. The average Bonchev–Trinajstić information content (AvgIpc) is 3.47. The van der Waals surface area contributed by atoms with Crippen molar-refractivity contribution in [3.8, 4) is 21.8 Å². The molecule has 4 N–H and O–H groups in total. The van der Waals surface area contributed by atoms with Crippen molar-refractivity contribution in [2.45, 2.75) is 20.3 Å². The number of nitrogens with zero attached hydrogens (tertiary/aromatic N) is 2. The minimum atomic E-state index is -0.536. The summed E-state index contributed by atoms with van der Waals surface area (Å²) in [4.78, 5) is 36.4. The van der Waals surface area contributed by atoms with Gasteiger partial charge in [-0.05, 0) is 25.0 Å². The lowest BCUT2D eigenvalue weighted by Gasteiger charge is -1.99. The molecule has 0 saturated carbocycles. The van der Waals surface area contributed by atoms with Crippen LogP contribution in [0.15, 0.2) is 41.9 Å². The predicted molar refractivity (Wildman–Crippen MR) is 120 cm³/mol. The maximum absolute atomic E-state index is 12.8. The lowest BCUT2D eigenvalue weighted by Crippen LogP contribution is -2.11. The summed E-state index contributed by atoms with van der Waals surface area (Å²) in [5.41, 5.74) is 9.89. The molecular formula is C21H19N5O2S2. The summed E-state index contributed by atoms with van der Waals surface area (Å²) in [7, 11) is 0. The van der Waals surface area contributed by atoms with E-state index in [4.69, 9.17) is 5.73 Å². The van der Waals surface area contributed by atoms with Gasteiger partial charge in [0.1, 0.15) is 15.6 Å². The zero-order chi connectivity index (χ0) is 21.3. The van der Waals surface area contributed by atoms with Gasteiger partial charge in [0.25, 0.3) is 11.8 Å². The first-order valence-corrected chi connectivity index (χ1v) is 11.0. The Labute approximate surface area is 181 Å². The number of hydrogen-bond donors (Lipinski definition) is 3. The van der Waals surface area contributed by atoms with Crippen molar-refractivity contribution < 1.29 is 9.59 Å². The highest BCUT2D eigenvalue weighted by molar-refractivity contribution is 7.17. The molecule has 0 aliphatic rings. The molecule has 0 saturated heterocycles. The number of aromatic amines is 1. The van der Waals surface area contributed by atoms with Gasteiger partial charge in [0.2, 0.25) is 0 Å². The maximum atomic E-state index is 12.8. The van der Waals surface area contributed by atoms with Gasteiger partial charge in [0.05, 0.1) is 11.4 Å². The van der Waals surface area contributed by atoms with Crippen LogP contribution in [-0.2, 0) is 6.42 Å². The van der Waals surface area contributed by atoms with Crippen LogP contribution in [0, 0.1) is 6.92 Å². The Bertz CT molecular complexity index is 1220. The monoisotopic (exact) mass is 437 g/mol. The van der Waals surface area contributed by atoms with Gasteiger partial charge >= 0.3 is 0 Å². The Morgan fingerprint density at radius 3 is 2.60 bits per heavy atom. The molecule has 0 bridgehead atoms. The summed E-state index contributed by atoms with van der Waals surface area (Å²) < 4.78 is 0. The number of thiazole rings is 2. The third-order valence-electron chi connectivity index (χ3n) is 4.58.